The molecular weight excluding hydrogens is 613 g/mol. The van der Waals surface area contributed by atoms with Crippen molar-refractivity contribution in [3.05, 3.63) is 89.0 Å². The average molecular weight is 665 g/mol. The highest BCUT2D eigenvalue weighted by Gasteiger charge is 2.40. The van der Waals surface area contributed by atoms with Gasteiger partial charge in [-0.15, -0.1) is 0 Å². The summed E-state index contributed by atoms with van der Waals surface area (Å²) in [6.45, 7) is 24.5. The van der Waals surface area contributed by atoms with E-state index in [1.54, 1.807) is 24.3 Å². The Morgan fingerprint density at radius 2 is 1.24 bits per heavy atom. The number of rotatable bonds is 10. The Morgan fingerprint density at radius 3 is 1.80 bits per heavy atom. The second-order valence-corrected chi connectivity index (χ2v) is 26.4. The first-order chi connectivity index (χ1) is 20.7. The fourth-order valence-electron chi connectivity index (χ4n) is 4.96. The summed E-state index contributed by atoms with van der Waals surface area (Å²) in [5.74, 6) is 1.80. The first-order valence-electron chi connectivity index (χ1n) is 16.0. The number of hydrogen-bond donors (Lipinski definition) is 0. The highest BCUT2D eigenvalue weighted by Crippen LogP contribution is 2.43. The largest absolute Gasteiger partial charge is 0.544 e. The highest BCUT2D eigenvalue weighted by molar-refractivity contribution is 7.86. The van der Waals surface area contributed by atoms with Crippen molar-refractivity contribution < 1.29 is 21.5 Å². The zero-order valence-electron chi connectivity index (χ0n) is 29.1. The predicted octanol–water partition coefficient (Wildman–Crippen LogP) is 10.4. The molecule has 5 nitrogen and oxygen atoms in total. The quantitative estimate of drug-likeness (QED) is 0.159. The fourth-order valence-corrected chi connectivity index (χ4v) is 7.92. The third-order valence-corrected chi connectivity index (χ3v) is 19.9. The molecule has 0 saturated carbocycles. The van der Waals surface area contributed by atoms with Crippen molar-refractivity contribution in [3.8, 4) is 11.5 Å². The fraction of sp³-hybridized carbons (Fsp3) is 0.459. The van der Waals surface area contributed by atoms with Gasteiger partial charge in [-0.25, -0.2) is 0 Å². The van der Waals surface area contributed by atoms with E-state index in [1.807, 2.05) is 6.92 Å². The maximum atomic E-state index is 13.0. The van der Waals surface area contributed by atoms with Crippen LogP contribution in [0.2, 0.25) is 36.3 Å². The molecule has 0 fully saturated rings. The average Bonchev–Trinajstić information content (AvgIpc) is 2.92. The molecule has 3 aromatic carbocycles. The van der Waals surface area contributed by atoms with Crippen molar-refractivity contribution in [2.75, 3.05) is 6.61 Å². The van der Waals surface area contributed by atoms with Crippen LogP contribution < -0.4 is 8.85 Å². The van der Waals surface area contributed by atoms with E-state index in [1.165, 1.54) is 11.1 Å². The van der Waals surface area contributed by atoms with Gasteiger partial charge in [0, 0.05) is 0 Å². The molecule has 0 bridgehead atoms. The number of benzene rings is 3. The number of fused-ring (bicyclic) bond motifs is 1. The molecule has 1 aliphatic rings. The third kappa shape index (κ3) is 8.20. The monoisotopic (exact) mass is 664 g/mol. The van der Waals surface area contributed by atoms with Gasteiger partial charge in [-0.3, -0.25) is 4.18 Å². The van der Waals surface area contributed by atoms with E-state index in [2.05, 4.69) is 110 Å². The van der Waals surface area contributed by atoms with E-state index >= 15 is 0 Å². The van der Waals surface area contributed by atoms with E-state index in [0.29, 0.717) is 6.42 Å². The van der Waals surface area contributed by atoms with E-state index < -0.39 is 26.8 Å². The zero-order chi connectivity index (χ0) is 33.4. The molecule has 0 heterocycles. The molecule has 4 rings (SSSR count). The van der Waals surface area contributed by atoms with Crippen molar-refractivity contribution in [3.63, 3.8) is 0 Å². The summed E-state index contributed by atoms with van der Waals surface area (Å²) in [5.41, 5.74) is 6.82. The molecule has 0 atom stereocenters. The lowest BCUT2D eigenvalue weighted by atomic mass is 9.81. The predicted molar refractivity (Wildman–Crippen MR) is 193 cm³/mol. The second kappa shape index (κ2) is 12.9. The number of aryl methyl sites for hydroxylation is 2. The normalized spacial score (nSPS) is 14.7. The standard InChI is InChI=1S/C37H52O5SSi2/c1-27-12-20-32(21-13-27)43(38,39)40-25-24-35-33(28-14-17-30(18-15-28)41-44(8,9)36(2,3)4)22-16-29-26-31(19-23-34(29)35)42-45(10,11)37(5,6)7/h12-15,17-21,23,26H,16,22,24-25H2,1-11H3. The summed E-state index contributed by atoms with van der Waals surface area (Å²) in [7, 11) is -7.82. The van der Waals surface area contributed by atoms with Gasteiger partial charge in [-0.05, 0) is 127 Å². The van der Waals surface area contributed by atoms with E-state index in [0.717, 1.165) is 46.6 Å². The van der Waals surface area contributed by atoms with Gasteiger partial charge in [-0.2, -0.15) is 8.42 Å². The maximum absolute atomic E-state index is 13.0. The van der Waals surface area contributed by atoms with Crippen molar-refractivity contribution in [1.82, 2.24) is 0 Å². The van der Waals surface area contributed by atoms with Crippen molar-refractivity contribution in [2.24, 2.45) is 0 Å². The molecule has 0 spiro atoms. The minimum atomic E-state index is -3.86. The van der Waals surface area contributed by atoms with Crippen LogP contribution in [0, 0.1) is 6.92 Å². The topological polar surface area (TPSA) is 61.8 Å². The molecule has 8 heteroatoms. The molecule has 0 aromatic heterocycles. The van der Waals surface area contributed by atoms with Gasteiger partial charge >= 0.3 is 0 Å². The van der Waals surface area contributed by atoms with Gasteiger partial charge in [0.1, 0.15) is 11.5 Å². The Hall–Kier alpha value is -2.66. The van der Waals surface area contributed by atoms with Crippen LogP contribution in [0.4, 0.5) is 0 Å². The van der Waals surface area contributed by atoms with Gasteiger partial charge in [0.05, 0.1) is 11.5 Å². The Kier molecular flexibility index (Phi) is 10.1. The SMILES string of the molecule is Cc1ccc(S(=O)(=O)OCCC2=C(c3ccc(O[Si](C)(C)C(C)(C)C)cc3)CCc3cc(O[Si](C)(C)C(C)(C)C)ccc32)cc1. The summed E-state index contributed by atoms with van der Waals surface area (Å²) < 4.78 is 44.8. The summed E-state index contributed by atoms with van der Waals surface area (Å²) in [6, 6.07) is 21.6. The summed E-state index contributed by atoms with van der Waals surface area (Å²) in [4.78, 5) is 0.177. The summed E-state index contributed by atoms with van der Waals surface area (Å²) in [6.07, 6.45) is 2.20. The van der Waals surface area contributed by atoms with E-state index in [9.17, 15) is 8.42 Å². The zero-order valence-corrected chi connectivity index (χ0v) is 31.9. The molecule has 0 saturated heterocycles. The summed E-state index contributed by atoms with van der Waals surface area (Å²) in [5, 5.41) is 0.211. The van der Waals surface area contributed by atoms with Crippen LogP contribution in [0.15, 0.2) is 71.6 Å². The van der Waals surface area contributed by atoms with Crippen molar-refractivity contribution >= 4 is 37.9 Å². The highest BCUT2D eigenvalue weighted by atomic mass is 32.2. The molecule has 0 radical (unpaired) electrons. The number of allylic oxidation sites excluding steroid dienone is 1. The van der Waals surface area contributed by atoms with Crippen molar-refractivity contribution in [2.45, 2.75) is 109 Å². The van der Waals surface area contributed by atoms with Gasteiger partial charge in [0.2, 0.25) is 16.6 Å². The number of hydrogen-bond acceptors (Lipinski definition) is 5. The van der Waals surface area contributed by atoms with Crippen LogP contribution >= 0.6 is 0 Å². The third-order valence-electron chi connectivity index (χ3n) is 9.87. The lowest BCUT2D eigenvalue weighted by Crippen LogP contribution is -2.43. The molecule has 0 unspecified atom stereocenters. The van der Waals surface area contributed by atoms with Gasteiger partial charge in [-0.1, -0.05) is 77.4 Å². The van der Waals surface area contributed by atoms with Crippen LogP contribution in [0.3, 0.4) is 0 Å². The molecule has 45 heavy (non-hydrogen) atoms. The minimum absolute atomic E-state index is 0.0588. The summed E-state index contributed by atoms with van der Waals surface area (Å²) >= 11 is 0. The Labute approximate surface area is 274 Å². The Bertz CT molecular complexity index is 1640. The van der Waals surface area contributed by atoms with Crippen LogP contribution in [-0.4, -0.2) is 31.7 Å². The van der Waals surface area contributed by atoms with Gasteiger partial charge in [0.25, 0.3) is 10.1 Å². The van der Waals surface area contributed by atoms with Crippen molar-refractivity contribution in [1.29, 1.82) is 0 Å². The minimum Gasteiger partial charge on any atom is -0.544 e. The second-order valence-electron chi connectivity index (χ2n) is 15.4. The first-order valence-corrected chi connectivity index (χ1v) is 23.2. The molecule has 1 aliphatic carbocycles. The maximum Gasteiger partial charge on any atom is 0.296 e. The van der Waals surface area contributed by atoms with Gasteiger partial charge < -0.3 is 8.85 Å². The van der Waals surface area contributed by atoms with E-state index in [4.69, 9.17) is 13.0 Å². The molecule has 244 valence electrons. The molecule has 0 N–H and O–H groups in total. The lowest BCUT2D eigenvalue weighted by Gasteiger charge is -2.37. The van der Waals surface area contributed by atoms with Crippen LogP contribution in [0.1, 0.15) is 76.6 Å². The molecule has 3 aromatic rings. The first kappa shape index (κ1) is 35.2. The van der Waals surface area contributed by atoms with Gasteiger partial charge in [0.15, 0.2) is 0 Å². The molecular formula is C37H52O5SSi2. The molecule has 0 aliphatic heterocycles. The van der Waals surface area contributed by atoms with Crippen LogP contribution in [0.5, 0.6) is 11.5 Å². The molecule has 0 amide bonds. The van der Waals surface area contributed by atoms with Crippen LogP contribution in [0.25, 0.3) is 11.1 Å². The Morgan fingerprint density at radius 1 is 0.711 bits per heavy atom. The lowest BCUT2D eigenvalue weighted by molar-refractivity contribution is 0.326. The Balaban J connectivity index is 1.67. The smallest absolute Gasteiger partial charge is 0.296 e. The van der Waals surface area contributed by atoms with E-state index in [-0.39, 0.29) is 21.6 Å². The van der Waals surface area contributed by atoms with Crippen LogP contribution in [-0.2, 0) is 20.7 Å².